The van der Waals surface area contributed by atoms with Crippen molar-refractivity contribution in [1.82, 2.24) is 9.66 Å². The average Bonchev–Trinajstić information content (AvgIpc) is 3.43. The van der Waals surface area contributed by atoms with Crippen LogP contribution >= 0.6 is 34.2 Å². The molecule has 0 saturated carbocycles. The minimum atomic E-state index is -0.470. The highest BCUT2D eigenvalue weighted by Gasteiger charge is 2.18. The fourth-order valence-corrected chi connectivity index (χ4v) is 5.46. The van der Waals surface area contributed by atoms with E-state index < -0.39 is 11.7 Å². The van der Waals surface area contributed by atoms with Crippen LogP contribution in [0.2, 0.25) is 5.02 Å². The van der Waals surface area contributed by atoms with Crippen molar-refractivity contribution in [2.75, 3.05) is 19.0 Å². The number of para-hydroxylation sites is 1. The first kappa shape index (κ1) is 29.3. The van der Waals surface area contributed by atoms with Crippen LogP contribution in [0.15, 0.2) is 99.2 Å². The van der Waals surface area contributed by atoms with Gasteiger partial charge in [0.2, 0.25) is 5.82 Å². The standard InChI is InChI=1S/C32H21ClFIN4O5/c1-42-27-12-18(11-24(35)30(27)43-17-29(40)37-22-6-4-5-21(34)15-22)16-36-39-31(38-25-8-3-2-7-23(25)32(39)41)28-14-19-13-20(33)9-10-26(19)44-28/h2-16H,17H2,1H3,(H,37,40). The van der Waals surface area contributed by atoms with Crippen LogP contribution in [-0.2, 0) is 4.79 Å². The van der Waals surface area contributed by atoms with Gasteiger partial charge in [-0.2, -0.15) is 9.78 Å². The van der Waals surface area contributed by atoms with Crippen LogP contribution in [-0.4, -0.2) is 35.5 Å². The Bertz CT molecular complexity index is 2150. The third kappa shape index (κ3) is 6.15. The molecule has 2 heterocycles. The van der Waals surface area contributed by atoms with Crippen molar-refractivity contribution in [2.45, 2.75) is 0 Å². The Balaban J connectivity index is 1.32. The monoisotopic (exact) mass is 722 g/mol. The van der Waals surface area contributed by atoms with Crippen LogP contribution in [0.3, 0.4) is 0 Å². The Morgan fingerprint density at radius 3 is 2.77 bits per heavy atom. The molecule has 0 saturated heterocycles. The number of amides is 1. The lowest BCUT2D eigenvalue weighted by molar-refractivity contribution is -0.118. The van der Waals surface area contributed by atoms with Gasteiger partial charge in [0.05, 0.1) is 27.8 Å². The summed E-state index contributed by atoms with van der Waals surface area (Å²) in [4.78, 5) is 30.7. The van der Waals surface area contributed by atoms with Gasteiger partial charge in [-0.1, -0.05) is 29.8 Å². The summed E-state index contributed by atoms with van der Waals surface area (Å²) < 4.78 is 32.6. The highest BCUT2D eigenvalue weighted by molar-refractivity contribution is 14.1. The third-order valence-electron chi connectivity index (χ3n) is 6.48. The van der Waals surface area contributed by atoms with E-state index in [-0.39, 0.29) is 18.0 Å². The van der Waals surface area contributed by atoms with Crippen LogP contribution in [0.4, 0.5) is 10.1 Å². The van der Waals surface area contributed by atoms with E-state index in [4.69, 9.17) is 30.5 Å². The summed E-state index contributed by atoms with van der Waals surface area (Å²) in [7, 11) is 1.47. The molecule has 0 radical (unpaired) electrons. The summed E-state index contributed by atoms with van der Waals surface area (Å²) in [6.07, 6.45) is 1.49. The summed E-state index contributed by atoms with van der Waals surface area (Å²) in [5, 5.41) is 8.78. The number of nitrogens with zero attached hydrogens (tertiary/aromatic N) is 3. The fraction of sp³-hybridized carbons (Fsp3) is 0.0625. The molecule has 0 aliphatic heterocycles. The summed E-state index contributed by atoms with van der Waals surface area (Å²) in [5.41, 5.74) is 1.60. The zero-order valence-corrected chi connectivity index (χ0v) is 25.8. The number of methoxy groups -OCH3 is 1. The summed E-state index contributed by atoms with van der Waals surface area (Å²) in [6, 6.07) is 23.0. The van der Waals surface area contributed by atoms with Crippen molar-refractivity contribution in [2.24, 2.45) is 5.10 Å². The van der Waals surface area contributed by atoms with Crippen LogP contribution in [0, 0.1) is 9.39 Å². The SMILES string of the molecule is COc1cc(C=Nn2c(-c3cc4cc(Cl)ccc4o3)nc3ccccc3c2=O)cc(I)c1OCC(=O)Nc1cccc(F)c1. The van der Waals surface area contributed by atoms with Gasteiger partial charge in [-0.05, 0) is 94.9 Å². The minimum Gasteiger partial charge on any atom is -0.493 e. The van der Waals surface area contributed by atoms with Crippen molar-refractivity contribution in [3.63, 3.8) is 0 Å². The molecule has 6 rings (SSSR count). The highest BCUT2D eigenvalue weighted by Crippen LogP contribution is 2.34. The second kappa shape index (κ2) is 12.5. The van der Waals surface area contributed by atoms with Crippen LogP contribution < -0.4 is 20.3 Å². The predicted octanol–water partition coefficient (Wildman–Crippen LogP) is 7.12. The lowest BCUT2D eigenvalue weighted by Crippen LogP contribution is -2.21. The van der Waals surface area contributed by atoms with E-state index in [0.29, 0.717) is 53.6 Å². The van der Waals surface area contributed by atoms with Crippen LogP contribution in [0.1, 0.15) is 5.56 Å². The first-order chi connectivity index (χ1) is 21.3. The molecule has 0 aliphatic rings. The van der Waals surface area contributed by atoms with Gasteiger partial charge in [0.1, 0.15) is 11.4 Å². The number of hydrogen-bond acceptors (Lipinski definition) is 7. The summed E-state index contributed by atoms with van der Waals surface area (Å²) >= 11 is 8.21. The molecule has 0 fully saturated rings. The third-order valence-corrected chi connectivity index (χ3v) is 7.52. The molecule has 0 spiro atoms. The zero-order chi connectivity index (χ0) is 30.8. The largest absolute Gasteiger partial charge is 0.493 e. The van der Waals surface area contributed by atoms with Crippen molar-refractivity contribution in [3.05, 3.63) is 115 Å². The maximum Gasteiger partial charge on any atom is 0.282 e. The molecular weight excluding hydrogens is 702 g/mol. The highest BCUT2D eigenvalue weighted by atomic mass is 127. The van der Waals surface area contributed by atoms with E-state index in [1.165, 1.54) is 36.2 Å². The normalized spacial score (nSPS) is 11.4. The van der Waals surface area contributed by atoms with Gasteiger partial charge in [-0.3, -0.25) is 9.59 Å². The second-order valence-electron chi connectivity index (χ2n) is 9.49. The Kier molecular flexibility index (Phi) is 8.31. The van der Waals surface area contributed by atoms with Crippen molar-refractivity contribution in [1.29, 1.82) is 0 Å². The molecule has 4 aromatic carbocycles. The van der Waals surface area contributed by atoms with E-state index in [9.17, 15) is 14.0 Å². The number of nitrogens with one attached hydrogen (secondary N) is 1. The lowest BCUT2D eigenvalue weighted by Gasteiger charge is -2.13. The number of carbonyl (C=O) groups excluding carboxylic acids is 1. The Labute approximate surface area is 268 Å². The first-order valence-electron chi connectivity index (χ1n) is 13.1. The molecule has 2 aromatic heterocycles. The maximum atomic E-state index is 13.6. The predicted molar refractivity (Wildman–Crippen MR) is 175 cm³/mol. The van der Waals surface area contributed by atoms with Gasteiger partial charge in [-0.25, -0.2) is 9.37 Å². The minimum absolute atomic E-state index is 0.211. The Hall–Kier alpha value is -4.75. The lowest BCUT2D eigenvalue weighted by atomic mass is 10.2. The number of aromatic nitrogens is 2. The summed E-state index contributed by atoms with van der Waals surface area (Å²) in [5.74, 6) is 0.301. The quantitative estimate of drug-likeness (QED) is 0.133. The molecule has 1 N–H and O–H groups in total. The average molecular weight is 723 g/mol. The molecule has 6 aromatic rings. The topological polar surface area (TPSA) is 108 Å². The van der Waals surface area contributed by atoms with Gasteiger partial charge in [0.15, 0.2) is 23.9 Å². The van der Waals surface area contributed by atoms with Gasteiger partial charge < -0.3 is 19.2 Å². The molecule has 0 aliphatic carbocycles. The summed E-state index contributed by atoms with van der Waals surface area (Å²) in [6.45, 7) is -0.333. The molecule has 220 valence electrons. The second-order valence-corrected chi connectivity index (χ2v) is 11.1. The molecule has 44 heavy (non-hydrogen) atoms. The maximum absolute atomic E-state index is 13.6. The molecule has 0 unspecified atom stereocenters. The van der Waals surface area contributed by atoms with E-state index in [2.05, 4.69) is 33.0 Å². The van der Waals surface area contributed by atoms with Gasteiger partial charge in [0, 0.05) is 16.1 Å². The number of carbonyl (C=O) groups is 1. The number of halogens is 3. The van der Waals surface area contributed by atoms with Gasteiger partial charge in [-0.15, -0.1) is 0 Å². The van der Waals surface area contributed by atoms with E-state index in [0.717, 1.165) is 5.39 Å². The Morgan fingerprint density at radius 1 is 1.11 bits per heavy atom. The van der Waals surface area contributed by atoms with Crippen molar-refractivity contribution < 1.29 is 23.1 Å². The number of rotatable bonds is 8. The number of fused-ring (bicyclic) bond motifs is 2. The molecule has 1 amide bonds. The smallest absolute Gasteiger partial charge is 0.282 e. The van der Waals surface area contributed by atoms with E-state index in [1.807, 2.05) is 0 Å². The molecule has 0 atom stereocenters. The molecule has 9 nitrogen and oxygen atoms in total. The zero-order valence-electron chi connectivity index (χ0n) is 22.9. The fourth-order valence-electron chi connectivity index (χ4n) is 4.49. The van der Waals surface area contributed by atoms with Gasteiger partial charge in [0.25, 0.3) is 11.5 Å². The van der Waals surface area contributed by atoms with Crippen molar-refractivity contribution in [3.8, 4) is 23.1 Å². The van der Waals surface area contributed by atoms with Crippen LogP contribution in [0.5, 0.6) is 11.5 Å². The Morgan fingerprint density at radius 2 is 1.95 bits per heavy atom. The molecule has 12 heteroatoms. The number of anilines is 1. The van der Waals surface area contributed by atoms with E-state index >= 15 is 0 Å². The number of ether oxygens (including phenoxy) is 2. The number of furan rings is 1. The van der Waals surface area contributed by atoms with Crippen LogP contribution in [0.25, 0.3) is 33.5 Å². The van der Waals surface area contributed by atoms with Gasteiger partial charge >= 0.3 is 0 Å². The molecular formula is C32H21ClFIN4O5. The first-order valence-corrected chi connectivity index (χ1v) is 14.6. The molecule has 0 bridgehead atoms. The van der Waals surface area contributed by atoms with Crippen molar-refractivity contribution >= 4 is 73.9 Å². The van der Waals surface area contributed by atoms with E-state index in [1.54, 1.807) is 66.7 Å². The number of hydrogen-bond donors (Lipinski definition) is 1. The number of benzene rings is 4.